The number of rotatable bonds is 4. The Morgan fingerprint density at radius 2 is 1.75 bits per heavy atom. The summed E-state index contributed by atoms with van der Waals surface area (Å²) in [7, 11) is 3.27. The van der Waals surface area contributed by atoms with E-state index in [1.54, 1.807) is 14.2 Å². The van der Waals surface area contributed by atoms with Gasteiger partial charge in [-0.25, -0.2) is 0 Å². The van der Waals surface area contributed by atoms with Gasteiger partial charge in [-0.3, -0.25) is 0 Å². The molecular formula is C12H15NO2S. The van der Waals surface area contributed by atoms with Gasteiger partial charge in [-0.15, -0.1) is 0 Å². The van der Waals surface area contributed by atoms with Gasteiger partial charge in [-0.05, 0) is 12.8 Å². The van der Waals surface area contributed by atoms with Crippen LogP contribution in [-0.4, -0.2) is 19.2 Å². The molecule has 0 bridgehead atoms. The zero-order valence-corrected chi connectivity index (χ0v) is 10.3. The first-order valence-electron chi connectivity index (χ1n) is 5.27. The highest BCUT2D eigenvalue weighted by Crippen LogP contribution is 2.32. The molecule has 1 saturated carbocycles. The van der Waals surface area contributed by atoms with E-state index in [9.17, 15) is 0 Å². The van der Waals surface area contributed by atoms with Crippen LogP contribution in [0, 0.1) is 5.92 Å². The number of methoxy groups -OCH3 is 2. The Hall–Kier alpha value is -1.29. The minimum absolute atomic E-state index is 0.562. The van der Waals surface area contributed by atoms with Gasteiger partial charge >= 0.3 is 0 Å². The van der Waals surface area contributed by atoms with Crippen LogP contribution in [0.2, 0.25) is 0 Å². The molecule has 2 rings (SSSR count). The zero-order chi connectivity index (χ0) is 11.5. The van der Waals surface area contributed by atoms with E-state index < -0.39 is 0 Å². The van der Waals surface area contributed by atoms with Gasteiger partial charge < -0.3 is 14.8 Å². The summed E-state index contributed by atoms with van der Waals surface area (Å²) in [5.74, 6) is 2.09. The number of benzene rings is 1. The lowest BCUT2D eigenvalue weighted by Crippen LogP contribution is -2.10. The number of hydrogen-bond acceptors (Lipinski definition) is 3. The fourth-order valence-corrected chi connectivity index (χ4v) is 1.82. The number of anilines is 1. The van der Waals surface area contributed by atoms with Crippen molar-refractivity contribution < 1.29 is 9.47 Å². The number of ether oxygens (including phenoxy) is 2. The van der Waals surface area contributed by atoms with E-state index in [4.69, 9.17) is 21.7 Å². The average Bonchev–Trinajstić information content (AvgIpc) is 3.12. The maximum Gasteiger partial charge on any atom is 0.124 e. The first kappa shape index (κ1) is 11.2. The van der Waals surface area contributed by atoms with Crippen LogP contribution >= 0.6 is 12.2 Å². The second-order valence-corrected chi connectivity index (χ2v) is 4.30. The van der Waals surface area contributed by atoms with Crippen molar-refractivity contribution in [1.82, 2.24) is 0 Å². The Morgan fingerprint density at radius 3 is 2.19 bits per heavy atom. The van der Waals surface area contributed by atoms with Crippen molar-refractivity contribution in [2.75, 3.05) is 19.5 Å². The van der Waals surface area contributed by atoms with Gasteiger partial charge in [0, 0.05) is 29.8 Å². The maximum absolute atomic E-state index is 5.29. The van der Waals surface area contributed by atoms with Crippen LogP contribution in [0.5, 0.6) is 11.5 Å². The lowest BCUT2D eigenvalue weighted by atomic mass is 10.2. The first-order chi connectivity index (χ1) is 7.72. The standard InChI is InChI=1S/C12H15NO2S/c1-14-10-5-9(6-11(7-10)15-2)13-12(16)8-3-4-8/h5-8H,3-4H2,1-2H3,(H,13,16). The number of nitrogens with one attached hydrogen (secondary N) is 1. The third-order valence-electron chi connectivity index (χ3n) is 2.57. The normalized spacial score (nSPS) is 14.4. The van der Waals surface area contributed by atoms with Crippen molar-refractivity contribution in [2.24, 2.45) is 5.92 Å². The smallest absolute Gasteiger partial charge is 0.124 e. The highest BCUT2D eigenvalue weighted by Gasteiger charge is 2.26. The molecule has 3 nitrogen and oxygen atoms in total. The molecule has 0 aliphatic heterocycles. The van der Waals surface area contributed by atoms with Crippen molar-refractivity contribution in [3.8, 4) is 11.5 Å². The Balaban J connectivity index is 2.14. The second-order valence-electron chi connectivity index (χ2n) is 3.86. The van der Waals surface area contributed by atoms with Gasteiger partial charge in [0.1, 0.15) is 11.5 Å². The second kappa shape index (κ2) is 4.70. The van der Waals surface area contributed by atoms with Gasteiger partial charge in [-0.1, -0.05) is 12.2 Å². The lowest BCUT2D eigenvalue weighted by Gasteiger charge is -2.10. The molecule has 1 aromatic rings. The molecule has 86 valence electrons. The quantitative estimate of drug-likeness (QED) is 0.816. The van der Waals surface area contributed by atoms with Crippen molar-refractivity contribution in [2.45, 2.75) is 12.8 Å². The maximum atomic E-state index is 5.29. The molecule has 1 aromatic carbocycles. The molecule has 4 heteroatoms. The zero-order valence-electron chi connectivity index (χ0n) is 9.45. The Labute approximate surface area is 101 Å². The van der Waals surface area contributed by atoms with E-state index in [0.717, 1.165) is 22.2 Å². The lowest BCUT2D eigenvalue weighted by molar-refractivity contribution is 0.395. The summed E-state index contributed by atoms with van der Waals surface area (Å²) in [5, 5.41) is 3.22. The fraction of sp³-hybridized carbons (Fsp3) is 0.417. The Kier molecular flexibility index (Phi) is 3.29. The Morgan fingerprint density at radius 1 is 1.19 bits per heavy atom. The molecule has 0 heterocycles. The van der Waals surface area contributed by atoms with Crippen LogP contribution in [0.4, 0.5) is 5.69 Å². The topological polar surface area (TPSA) is 30.5 Å². The summed E-state index contributed by atoms with van der Waals surface area (Å²) in [6, 6.07) is 5.67. The van der Waals surface area contributed by atoms with E-state index in [0.29, 0.717) is 5.92 Å². The van der Waals surface area contributed by atoms with Gasteiger partial charge in [-0.2, -0.15) is 0 Å². The molecule has 1 N–H and O–H groups in total. The summed E-state index contributed by atoms with van der Waals surface area (Å²) in [6.07, 6.45) is 2.40. The summed E-state index contributed by atoms with van der Waals surface area (Å²) in [4.78, 5) is 0.912. The predicted octanol–water partition coefficient (Wildman–Crippen LogP) is 2.85. The van der Waals surface area contributed by atoms with Crippen molar-refractivity contribution in [3.63, 3.8) is 0 Å². The molecule has 16 heavy (non-hydrogen) atoms. The van der Waals surface area contributed by atoms with Gasteiger partial charge in [0.05, 0.1) is 19.2 Å². The SMILES string of the molecule is COc1cc(NC(=S)C2CC2)cc(OC)c1. The van der Waals surface area contributed by atoms with E-state index >= 15 is 0 Å². The molecule has 1 aliphatic rings. The minimum atomic E-state index is 0.562. The molecule has 0 amide bonds. The molecular weight excluding hydrogens is 222 g/mol. The molecule has 1 aliphatic carbocycles. The summed E-state index contributed by atoms with van der Waals surface area (Å²) >= 11 is 5.29. The summed E-state index contributed by atoms with van der Waals surface area (Å²) in [6.45, 7) is 0. The van der Waals surface area contributed by atoms with Gasteiger partial charge in [0.25, 0.3) is 0 Å². The Bertz CT molecular complexity index is 380. The summed E-state index contributed by atoms with van der Waals surface area (Å²) < 4.78 is 10.4. The molecule has 0 aromatic heterocycles. The molecule has 0 saturated heterocycles. The van der Waals surface area contributed by atoms with Crippen LogP contribution in [-0.2, 0) is 0 Å². The van der Waals surface area contributed by atoms with Crippen molar-refractivity contribution in [1.29, 1.82) is 0 Å². The first-order valence-corrected chi connectivity index (χ1v) is 5.67. The number of hydrogen-bond donors (Lipinski definition) is 1. The van der Waals surface area contributed by atoms with Crippen LogP contribution in [0.25, 0.3) is 0 Å². The largest absolute Gasteiger partial charge is 0.497 e. The van der Waals surface area contributed by atoms with E-state index in [-0.39, 0.29) is 0 Å². The fourth-order valence-electron chi connectivity index (χ4n) is 1.47. The highest BCUT2D eigenvalue weighted by molar-refractivity contribution is 7.80. The van der Waals surface area contributed by atoms with E-state index in [1.807, 2.05) is 18.2 Å². The van der Waals surface area contributed by atoms with Crippen LogP contribution in [0.15, 0.2) is 18.2 Å². The van der Waals surface area contributed by atoms with Crippen molar-refractivity contribution >= 4 is 22.9 Å². The van der Waals surface area contributed by atoms with Crippen LogP contribution in [0.3, 0.4) is 0 Å². The molecule has 0 atom stereocenters. The molecule has 0 unspecified atom stereocenters. The number of thiocarbonyl (C=S) groups is 1. The van der Waals surface area contributed by atoms with Gasteiger partial charge in [0.15, 0.2) is 0 Å². The van der Waals surface area contributed by atoms with Crippen molar-refractivity contribution in [3.05, 3.63) is 18.2 Å². The predicted molar refractivity (Wildman–Crippen MR) is 68.5 cm³/mol. The monoisotopic (exact) mass is 237 g/mol. The molecule has 0 spiro atoms. The third kappa shape index (κ3) is 2.64. The molecule has 1 fully saturated rings. The van der Waals surface area contributed by atoms with Crippen LogP contribution < -0.4 is 14.8 Å². The third-order valence-corrected chi connectivity index (χ3v) is 3.00. The minimum Gasteiger partial charge on any atom is -0.497 e. The summed E-state index contributed by atoms with van der Waals surface area (Å²) in [5.41, 5.74) is 0.924. The van der Waals surface area contributed by atoms with Crippen LogP contribution in [0.1, 0.15) is 12.8 Å². The highest BCUT2D eigenvalue weighted by atomic mass is 32.1. The van der Waals surface area contributed by atoms with E-state index in [2.05, 4.69) is 5.32 Å². The van der Waals surface area contributed by atoms with Gasteiger partial charge in [0.2, 0.25) is 0 Å². The molecule has 0 radical (unpaired) electrons. The average molecular weight is 237 g/mol. The van der Waals surface area contributed by atoms with E-state index in [1.165, 1.54) is 12.8 Å².